The number of thiazole rings is 1. The van der Waals surface area contributed by atoms with Gasteiger partial charge in [0.1, 0.15) is 11.3 Å². The SMILES string of the molecule is CCN(CC)CCN(C(=O)Cc1cccc2ccccc12)c1nc2c(OC)ccc(C)c2s1.Cl. The van der Waals surface area contributed by atoms with Crippen molar-refractivity contribution in [1.29, 1.82) is 0 Å². The number of likely N-dealkylation sites (N-methyl/N-ethyl adjacent to an activating group) is 1. The topological polar surface area (TPSA) is 45.7 Å². The van der Waals surface area contributed by atoms with Crippen molar-refractivity contribution in [3.05, 3.63) is 65.7 Å². The maximum atomic E-state index is 13.7. The number of rotatable bonds is 9. The number of benzene rings is 3. The van der Waals surface area contributed by atoms with Crippen molar-refractivity contribution >= 4 is 55.8 Å². The Morgan fingerprint density at radius 2 is 1.74 bits per heavy atom. The predicted octanol–water partition coefficient (Wildman–Crippen LogP) is 6.11. The Morgan fingerprint density at radius 1 is 1.00 bits per heavy atom. The number of aryl methyl sites for hydroxylation is 1. The number of halogens is 1. The smallest absolute Gasteiger partial charge is 0.233 e. The second-order valence-corrected chi connectivity index (χ2v) is 9.12. The molecule has 5 nitrogen and oxygen atoms in total. The van der Waals surface area contributed by atoms with Crippen LogP contribution in [0.4, 0.5) is 5.13 Å². The molecular formula is C27H32ClN3O2S. The number of aromatic nitrogens is 1. The zero-order valence-corrected chi connectivity index (χ0v) is 21.8. The molecule has 0 fully saturated rings. The molecule has 0 radical (unpaired) electrons. The quantitative estimate of drug-likeness (QED) is 0.280. The van der Waals surface area contributed by atoms with Crippen LogP contribution in [0.5, 0.6) is 5.75 Å². The minimum Gasteiger partial charge on any atom is -0.494 e. The second kappa shape index (κ2) is 11.6. The zero-order chi connectivity index (χ0) is 23.4. The van der Waals surface area contributed by atoms with E-state index in [1.54, 1.807) is 18.4 Å². The van der Waals surface area contributed by atoms with E-state index in [4.69, 9.17) is 9.72 Å². The van der Waals surface area contributed by atoms with Crippen LogP contribution < -0.4 is 9.64 Å². The summed E-state index contributed by atoms with van der Waals surface area (Å²) in [5.74, 6) is 0.803. The molecule has 0 saturated heterocycles. The molecule has 0 aliphatic heterocycles. The highest BCUT2D eigenvalue weighted by Gasteiger charge is 2.23. The van der Waals surface area contributed by atoms with Crippen LogP contribution in [-0.2, 0) is 11.2 Å². The van der Waals surface area contributed by atoms with E-state index < -0.39 is 0 Å². The van der Waals surface area contributed by atoms with Gasteiger partial charge in [0, 0.05) is 13.1 Å². The summed E-state index contributed by atoms with van der Waals surface area (Å²) in [7, 11) is 1.66. The van der Waals surface area contributed by atoms with Crippen LogP contribution in [0.15, 0.2) is 54.6 Å². The minimum absolute atomic E-state index is 0. The van der Waals surface area contributed by atoms with Crippen molar-refractivity contribution in [3.8, 4) is 5.75 Å². The number of carbonyl (C=O) groups is 1. The number of anilines is 1. The molecule has 1 aromatic heterocycles. The molecule has 0 atom stereocenters. The summed E-state index contributed by atoms with van der Waals surface area (Å²) >= 11 is 1.57. The first kappa shape index (κ1) is 25.9. The summed E-state index contributed by atoms with van der Waals surface area (Å²) in [6.07, 6.45) is 0.339. The molecule has 0 unspecified atom stereocenters. The van der Waals surface area contributed by atoms with E-state index >= 15 is 0 Å². The van der Waals surface area contributed by atoms with Gasteiger partial charge in [-0.1, -0.05) is 73.7 Å². The molecule has 1 heterocycles. The van der Waals surface area contributed by atoms with Gasteiger partial charge in [-0.15, -0.1) is 12.4 Å². The molecular weight excluding hydrogens is 466 g/mol. The van der Waals surface area contributed by atoms with Gasteiger partial charge in [-0.2, -0.15) is 0 Å². The Bertz CT molecular complexity index is 1260. The van der Waals surface area contributed by atoms with E-state index in [-0.39, 0.29) is 18.3 Å². The molecule has 4 rings (SSSR count). The average Bonchev–Trinajstić information content (AvgIpc) is 3.28. The van der Waals surface area contributed by atoms with Gasteiger partial charge in [-0.3, -0.25) is 9.69 Å². The molecule has 0 saturated carbocycles. The lowest BCUT2D eigenvalue weighted by atomic mass is 10.0. The van der Waals surface area contributed by atoms with Gasteiger partial charge in [-0.25, -0.2) is 4.98 Å². The Hall–Kier alpha value is -2.67. The fraction of sp³-hybridized carbons (Fsp3) is 0.333. The summed E-state index contributed by atoms with van der Waals surface area (Å²) in [4.78, 5) is 22.8. The van der Waals surface area contributed by atoms with E-state index in [0.717, 1.165) is 62.6 Å². The monoisotopic (exact) mass is 497 g/mol. The molecule has 0 aliphatic carbocycles. The third-order valence-electron chi connectivity index (χ3n) is 6.20. The first-order valence-electron chi connectivity index (χ1n) is 11.5. The number of hydrogen-bond donors (Lipinski definition) is 0. The van der Waals surface area contributed by atoms with Crippen LogP contribution in [0.25, 0.3) is 21.0 Å². The molecule has 34 heavy (non-hydrogen) atoms. The van der Waals surface area contributed by atoms with E-state index in [2.05, 4.69) is 43.9 Å². The maximum absolute atomic E-state index is 13.7. The number of amides is 1. The van der Waals surface area contributed by atoms with Crippen molar-refractivity contribution in [2.45, 2.75) is 27.2 Å². The summed E-state index contributed by atoms with van der Waals surface area (Å²) in [6, 6.07) is 18.4. The van der Waals surface area contributed by atoms with Crippen molar-refractivity contribution in [1.82, 2.24) is 9.88 Å². The van der Waals surface area contributed by atoms with E-state index in [0.29, 0.717) is 13.0 Å². The summed E-state index contributed by atoms with van der Waals surface area (Å²) in [5.41, 5.74) is 3.00. The number of methoxy groups -OCH3 is 1. The van der Waals surface area contributed by atoms with Crippen LogP contribution in [0.3, 0.4) is 0 Å². The molecule has 0 aliphatic rings. The Kier molecular flexibility index (Phi) is 8.89. The number of nitrogens with zero attached hydrogens (tertiary/aromatic N) is 3. The maximum Gasteiger partial charge on any atom is 0.233 e. The zero-order valence-electron chi connectivity index (χ0n) is 20.2. The highest BCUT2D eigenvalue weighted by Crippen LogP contribution is 2.36. The molecule has 1 amide bonds. The second-order valence-electron chi connectivity index (χ2n) is 8.15. The number of carbonyl (C=O) groups excluding carboxylic acids is 1. The molecule has 0 N–H and O–H groups in total. The molecule has 7 heteroatoms. The van der Waals surface area contributed by atoms with Gasteiger partial charge in [0.25, 0.3) is 0 Å². The summed E-state index contributed by atoms with van der Waals surface area (Å²) in [5, 5.41) is 3.01. The van der Waals surface area contributed by atoms with Gasteiger partial charge in [-0.05, 0) is 48.0 Å². The van der Waals surface area contributed by atoms with E-state index in [9.17, 15) is 4.79 Å². The fourth-order valence-corrected chi connectivity index (χ4v) is 5.29. The van der Waals surface area contributed by atoms with Gasteiger partial charge in [0.05, 0.1) is 18.2 Å². The van der Waals surface area contributed by atoms with Gasteiger partial charge in [0.2, 0.25) is 5.91 Å². The Balaban J connectivity index is 0.00000324. The molecule has 0 spiro atoms. The van der Waals surface area contributed by atoms with Gasteiger partial charge >= 0.3 is 0 Å². The molecule has 4 aromatic rings. The first-order chi connectivity index (χ1) is 16.0. The molecule has 0 bridgehead atoms. The first-order valence-corrected chi connectivity index (χ1v) is 12.3. The van der Waals surface area contributed by atoms with Crippen molar-refractivity contribution < 1.29 is 9.53 Å². The number of fused-ring (bicyclic) bond motifs is 2. The third kappa shape index (κ3) is 5.35. The highest BCUT2D eigenvalue weighted by atomic mass is 35.5. The Morgan fingerprint density at radius 3 is 2.47 bits per heavy atom. The third-order valence-corrected chi connectivity index (χ3v) is 7.41. The normalized spacial score (nSPS) is 11.1. The fourth-order valence-electron chi connectivity index (χ4n) is 4.19. The molecule has 180 valence electrons. The minimum atomic E-state index is 0. The summed E-state index contributed by atoms with van der Waals surface area (Å²) < 4.78 is 6.61. The van der Waals surface area contributed by atoms with Crippen LogP contribution in [-0.4, -0.2) is 49.1 Å². The van der Waals surface area contributed by atoms with Crippen molar-refractivity contribution in [2.24, 2.45) is 0 Å². The Labute approximate surface area is 211 Å². The predicted molar refractivity (Wildman–Crippen MR) is 146 cm³/mol. The van der Waals surface area contributed by atoms with Crippen LogP contribution in [0.1, 0.15) is 25.0 Å². The van der Waals surface area contributed by atoms with Crippen molar-refractivity contribution in [3.63, 3.8) is 0 Å². The number of ether oxygens (including phenoxy) is 1. The van der Waals surface area contributed by atoms with E-state index in [1.807, 2.05) is 41.3 Å². The van der Waals surface area contributed by atoms with Gasteiger partial charge in [0.15, 0.2) is 5.13 Å². The highest BCUT2D eigenvalue weighted by molar-refractivity contribution is 7.22. The summed E-state index contributed by atoms with van der Waals surface area (Å²) in [6.45, 7) is 9.69. The van der Waals surface area contributed by atoms with Gasteiger partial charge < -0.3 is 9.64 Å². The van der Waals surface area contributed by atoms with Crippen LogP contribution in [0.2, 0.25) is 0 Å². The van der Waals surface area contributed by atoms with Crippen LogP contribution in [0, 0.1) is 6.92 Å². The standard InChI is InChI=1S/C27H31N3O2S.ClH/c1-5-29(6-2)16-17-30(27-28-25-23(32-4)15-14-19(3)26(25)33-27)24(31)18-21-12-9-11-20-10-7-8-13-22(20)21;/h7-15H,5-6,16-18H2,1-4H3;1H. The van der Waals surface area contributed by atoms with Crippen LogP contribution >= 0.6 is 23.7 Å². The molecule has 3 aromatic carbocycles. The lowest BCUT2D eigenvalue weighted by Gasteiger charge is -2.25. The average molecular weight is 498 g/mol. The van der Waals surface area contributed by atoms with E-state index in [1.165, 1.54) is 0 Å². The largest absolute Gasteiger partial charge is 0.494 e. The lowest BCUT2D eigenvalue weighted by Crippen LogP contribution is -2.39. The number of hydrogen-bond acceptors (Lipinski definition) is 5. The van der Waals surface area contributed by atoms with Crippen molar-refractivity contribution in [2.75, 3.05) is 38.2 Å². The lowest BCUT2D eigenvalue weighted by molar-refractivity contribution is -0.118.